The van der Waals surface area contributed by atoms with E-state index in [4.69, 9.17) is 4.74 Å². The van der Waals surface area contributed by atoms with E-state index in [1.165, 1.54) is 17.7 Å². The number of guanidine groups is 1. The molecule has 1 atom stereocenters. The molecule has 0 amide bonds. The van der Waals surface area contributed by atoms with Crippen LogP contribution in [-0.4, -0.2) is 30.6 Å². The van der Waals surface area contributed by atoms with Gasteiger partial charge in [-0.25, -0.2) is 4.99 Å². The number of benzene rings is 2. The number of halogens is 1. The van der Waals surface area contributed by atoms with Crippen LogP contribution in [0.15, 0.2) is 59.6 Å². The molecule has 0 saturated heterocycles. The van der Waals surface area contributed by atoms with Gasteiger partial charge in [-0.2, -0.15) is 0 Å². The van der Waals surface area contributed by atoms with Crippen molar-refractivity contribution in [1.82, 2.24) is 10.6 Å². The Morgan fingerprint density at radius 2 is 1.83 bits per heavy atom. The molecule has 0 radical (unpaired) electrons. The molecule has 2 aromatic rings. The summed E-state index contributed by atoms with van der Waals surface area (Å²) in [6.45, 7) is 6.67. The Morgan fingerprint density at radius 3 is 2.45 bits per heavy atom. The molecule has 2 aromatic carbocycles. The highest BCUT2D eigenvalue weighted by Gasteiger charge is 2.05. The number of nitro benzene ring substituents is 1. The first-order valence-corrected chi connectivity index (χ1v) is 9.52. The molecule has 0 fully saturated rings. The fourth-order valence-electron chi connectivity index (χ4n) is 2.59. The summed E-state index contributed by atoms with van der Waals surface area (Å²) in [4.78, 5) is 14.8. The van der Waals surface area contributed by atoms with E-state index in [9.17, 15) is 10.1 Å². The molecule has 0 spiro atoms. The molecular formula is C21H29IN4O3. The lowest BCUT2D eigenvalue weighted by Gasteiger charge is -2.14. The van der Waals surface area contributed by atoms with Crippen molar-refractivity contribution in [3.05, 3.63) is 75.8 Å². The molecule has 0 saturated carbocycles. The summed E-state index contributed by atoms with van der Waals surface area (Å²) in [6.07, 6.45) is 0.935. The van der Waals surface area contributed by atoms with Gasteiger partial charge in [0.05, 0.1) is 17.6 Å². The minimum absolute atomic E-state index is 0. The van der Waals surface area contributed by atoms with Crippen LogP contribution in [-0.2, 0) is 11.3 Å². The molecule has 7 nitrogen and oxygen atoms in total. The number of rotatable bonds is 10. The fraction of sp³-hybridized carbons (Fsp3) is 0.381. The number of non-ortho nitro benzene ring substituents is 1. The third kappa shape index (κ3) is 9.23. The Hall–Kier alpha value is -2.20. The smallest absolute Gasteiger partial charge is 0.269 e. The molecule has 0 heterocycles. The van der Waals surface area contributed by atoms with Gasteiger partial charge in [0.15, 0.2) is 5.96 Å². The minimum Gasteiger partial charge on any atom is -0.374 e. The second kappa shape index (κ2) is 13.9. The molecule has 29 heavy (non-hydrogen) atoms. The van der Waals surface area contributed by atoms with E-state index in [1.54, 1.807) is 12.1 Å². The van der Waals surface area contributed by atoms with Crippen LogP contribution in [0.2, 0.25) is 0 Å². The number of nitrogens with one attached hydrogen (secondary N) is 2. The standard InChI is InChI=1S/C21H28N4O3.HI/c1-3-22-21(24-16-18-10-12-20(13-11-18)25(26)27)23-14-7-15-28-17(2)19-8-5-4-6-9-19;/h4-6,8-13,17H,3,7,14-16H2,1-2H3,(H2,22,23,24);1H. The zero-order chi connectivity index (χ0) is 20.2. The van der Waals surface area contributed by atoms with Crippen molar-refractivity contribution < 1.29 is 9.66 Å². The van der Waals surface area contributed by atoms with Gasteiger partial charge in [-0.15, -0.1) is 24.0 Å². The van der Waals surface area contributed by atoms with Crippen LogP contribution in [0.4, 0.5) is 5.69 Å². The molecule has 2 N–H and O–H groups in total. The highest BCUT2D eigenvalue weighted by Crippen LogP contribution is 2.15. The highest BCUT2D eigenvalue weighted by molar-refractivity contribution is 14.0. The zero-order valence-corrected chi connectivity index (χ0v) is 19.2. The number of hydrogen-bond acceptors (Lipinski definition) is 4. The summed E-state index contributed by atoms with van der Waals surface area (Å²) in [7, 11) is 0. The molecule has 8 heteroatoms. The number of hydrogen-bond donors (Lipinski definition) is 2. The van der Waals surface area contributed by atoms with Crippen molar-refractivity contribution >= 4 is 35.6 Å². The lowest BCUT2D eigenvalue weighted by Crippen LogP contribution is -2.38. The molecule has 0 aromatic heterocycles. The van der Waals surface area contributed by atoms with Crippen LogP contribution in [0.3, 0.4) is 0 Å². The van der Waals surface area contributed by atoms with E-state index in [2.05, 4.69) is 34.7 Å². The molecule has 0 aliphatic heterocycles. The van der Waals surface area contributed by atoms with E-state index in [0.29, 0.717) is 13.2 Å². The fourth-order valence-corrected chi connectivity index (χ4v) is 2.59. The van der Waals surface area contributed by atoms with Crippen molar-refractivity contribution in [2.75, 3.05) is 19.7 Å². The van der Waals surface area contributed by atoms with E-state index in [1.807, 2.05) is 25.1 Å². The van der Waals surface area contributed by atoms with Crippen molar-refractivity contribution in [3.63, 3.8) is 0 Å². The topological polar surface area (TPSA) is 88.8 Å². The van der Waals surface area contributed by atoms with Gasteiger partial charge in [-0.1, -0.05) is 42.5 Å². The lowest BCUT2D eigenvalue weighted by atomic mass is 10.1. The van der Waals surface area contributed by atoms with Crippen molar-refractivity contribution in [3.8, 4) is 0 Å². The molecule has 0 aliphatic carbocycles. The lowest BCUT2D eigenvalue weighted by molar-refractivity contribution is -0.384. The first-order chi connectivity index (χ1) is 13.6. The number of aliphatic imine (C=N–C) groups is 1. The number of nitrogens with zero attached hydrogens (tertiary/aromatic N) is 2. The monoisotopic (exact) mass is 512 g/mol. The van der Waals surface area contributed by atoms with Crippen molar-refractivity contribution in [1.29, 1.82) is 0 Å². The second-order valence-corrected chi connectivity index (χ2v) is 6.32. The third-order valence-electron chi connectivity index (χ3n) is 4.16. The summed E-state index contributed by atoms with van der Waals surface area (Å²) in [5.74, 6) is 0.719. The summed E-state index contributed by atoms with van der Waals surface area (Å²) < 4.78 is 5.87. The molecule has 1 unspecified atom stereocenters. The average Bonchev–Trinajstić information content (AvgIpc) is 2.72. The van der Waals surface area contributed by atoms with Crippen LogP contribution in [0.1, 0.15) is 37.5 Å². The van der Waals surface area contributed by atoms with Gasteiger partial charge in [0.25, 0.3) is 5.69 Å². The largest absolute Gasteiger partial charge is 0.374 e. The van der Waals surface area contributed by atoms with Gasteiger partial charge in [0.2, 0.25) is 0 Å². The highest BCUT2D eigenvalue weighted by atomic mass is 127. The predicted octanol–water partition coefficient (Wildman–Crippen LogP) is 4.44. The molecule has 158 valence electrons. The second-order valence-electron chi connectivity index (χ2n) is 6.32. The Kier molecular flexibility index (Phi) is 11.9. The summed E-state index contributed by atoms with van der Waals surface area (Å²) in [5.41, 5.74) is 2.18. The molecule has 0 aliphatic rings. The van der Waals surface area contributed by atoms with Gasteiger partial charge < -0.3 is 15.4 Å². The number of nitro groups is 1. The van der Waals surface area contributed by atoms with Gasteiger partial charge >= 0.3 is 0 Å². The Morgan fingerprint density at radius 1 is 1.14 bits per heavy atom. The zero-order valence-electron chi connectivity index (χ0n) is 16.8. The summed E-state index contributed by atoms with van der Waals surface area (Å²) in [6, 6.07) is 16.6. The minimum atomic E-state index is -0.403. The quantitative estimate of drug-likeness (QED) is 0.123. The first kappa shape index (κ1) is 24.8. The van der Waals surface area contributed by atoms with Gasteiger partial charge in [0.1, 0.15) is 0 Å². The van der Waals surface area contributed by atoms with E-state index in [0.717, 1.165) is 31.0 Å². The SMILES string of the molecule is CCNC(=NCc1ccc([N+](=O)[O-])cc1)NCCCOC(C)c1ccccc1.I. The Bertz CT molecular complexity index is 754. The van der Waals surface area contributed by atoms with Crippen molar-refractivity contribution in [2.24, 2.45) is 4.99 Å². The summed E-state index contributed by atoms with van der Waals surface area (Å²) >= 11 is 0. The van der Waals surface area contributed by atoms with E-state index in [-0.39, 0.29) is 35.8 Å². The molecular weight excluding hydrogens is 483 g/mol. The number of ether oxygens (including phenoxy) is 1. The van der Waals surface area contributed by atoms with E-state index < -0.39 is 4.92 Å². The Labute approximate surface area is 189 Å². The van der Waals surface area contributed by atoms with Gasteiger partial charge in [-0.05, 0) is 31.4 Å². The average molecular weight is 512 g/mol. The van der Waals surface area contributed by atoms with Crippen LogP contribution in [0.25, 0.3) is 0 Å². The first-order valence-electron chi connectivity index (χ1n) is 9.52. The summed E-state index contributed by atoms with van der Waals surface area (Å²) in [5, 5.41) is 17.2. The van der Waals surface area contributed by atoms with Crippen LogP contribution >= 0.6 is 24.0 Å². The van der Waals surface area contributed by atoms with Gasteiger partial charge in [-0.3, -0.25) is 10.1 Å². The third-order valence-corrected chi connectivity index (χ3v) is 4.16. The predicted molar refractivity (Wildman–Crippen MR) is 127 cm³/mol. The van der Waals surface area contributed by atoms with Gasteiger partial charge in [0, 0.05) is 31.8 Å². The maximum Gasteiger partial charge on any atom is 0.269 e. The maximum atomic E-state index is 10.7. The Balaban J connectivity index is 0.00000420. The van der Waals surface area contributed by atoms with E-state index >= 15 is 0 Å². The van der Waals surface area contributed by atoms with Crippen LogP contribution in [0.5, 0.6) is 0 Å². The molecule has 2 rings (SSSR count). The van der Waals surface area contributed by atoms with Crippen molar-refractivity contribution in [2.45, 2.75) is 32.9 Å². The maximum absolute atomic E-state index is 10.7. The van der Waals surface area contributed by atoms with Crippen LogP contribution < -0.4 is 10.6 Å². The normalized spacial score (nSPS) is 12.0. The van der Waals surface area contributed by atoms with Crippen LogP contribution in [0, 0.1) is 10.1 Å². The molecule has 0 bridgehead atoms.